The fourth-order valence-corrected chi connectivity index (χ4v) is 0.779. The van der Waals surface area contributed by atoms with Gasteiger partial charge in [0.15, 0.2) is 0 Å². The van der Waals surface area contributed by atoms with E-state index in [4.69, 9.17) is 5.73 Å². The predicted octanol–water partition coefficient (Wildman–Crippen LogP) is 0.454. The molecule has 0 bridgehead atoms. The molecule has 3 heteroatoms. The van der Waals surface area contributed by atoms with Crippen LogP contribution in [-0.4, -0.2) is 11.3 Å². The van der Waals surface area contributed by atoms with E-state index in [1.165, 1.54) is 0 Å². The van der Waals surface area contributed by atoms with Crippen molar-refractivity contribution >= 4 is 6.29 Å². The summed E-state index contributed by atoms with van der Waals surface area (Å²) < 4.78 is 0. The minimum Gasteiger partial charge on any atom is -0.316 e. The second kappa shape index (κ2) is 2.80. The zero-order valence-electron chi connectivity index (χ0n) is 6.32. The number of hydrogen-bond acceptors (Lipinski definition) is 3. The van der Waals surface area contributed by atoms with Gasteiger partial charge in [0.25, 0.3) is 0 Å². The van der Waals surface area contributed by atoms with E-state index in [0.29, 0.717) is 0 Å². The molecule has 11 heavy (non-hydrogen) atoms. The van der Waals surface area contributed by atoms with E-state index < -0.39 is 5.54 Å². The van der Waals surface area contributed by atoms with Gasteiger partial charge in [-0.1, -0.05) is 0 Å². The zero-order chi connectivity index (χ0) is 8.32. The molecule has 2 N–H and O–H groups in total. The van der Waals surface area contributed by atoms with Crippen molar-refractivity contribution in [2.45, 2.75) is 12.5 Å². The summed E-state index contributed by atoms with van der Waals surface area (Å²) in [6, 6.07) is 3.46. The normalized spacial score (nSPS) is 15.5. The van der Waals surface area contributed by atoms with Crippen LogP contribution in [0.2, 0.25) is 0 Å². The Morgan fingerprint density at radius 3 is 2.55 bits per heavy atom. The first kappa shape index (κ1) is 7.88. The second-order valence-electron chi connectivity index (χ2n) is 2.64. The summed E-state index contributed by atoms with van der Waals surface area (Å²) >= 11 is 0. The van der Waals surface area contributed by atoms with Gasteiger partial charge in [-0.25, -0.2) is 0 Å². The van der Waals surface area contributed by atoms with Crippen LogP contribution in [0.3, 0.4) is 0 Å². The summed E-state index contributed by atoms with van der Waals surface area (Å²) in [5.41, 5.74) is 5.54. The molecule has 0 aliphatic heterocycles. The Hall–Kier alpha value is -1.22. The highest BCUT2D eigenvalue weighted by Crippen LogP contribution is 2.12. The number of nitrogens with two attached hydrogens (primary N) is 1. The second-order valence-corrected chi connectivity index (χ2v) is 2.64. The Balaban J connectivity index is 3.02. The van der Waals surface area contributed by atoms with Crippen LogP contribution in [0.1, 0.15) is 12.5 Å². The quantitative estimate of drug-likeness (QED) is 0.623. The highest BCUT2D eigenvalue weighted by Gasteiger charge is 2.18. The van der Waals surface area contributed by atoms with Crippen molar-refractivity contribution in [2.24, 2.45) is 5.73 Å². The van der Waals surface area contributed by atoms with Crippen LogP contribution in [0, 0.1) is 0 Å². The molecule has 0 fully saturated rings. The third-order valence-corrected chi connectivity index (χ3v) is 1.55. The van der Waals surface area contributed by atoms with Gasteiger partial charge in [0.2, 0.25) is 0 Å². The summed E-state index contributed by atoms with van der Waals surface area (Å²) in [6.07, 6.45) is 3.95. The fraction of sp³-hybridized carbons (Fsp3) is 0.250. The maximum atomic E-state index is 10.5. The average molecular weight is 150 g/mol. The van der Waals surface area contributed by atoms with Crippen LogP contribution < -0.4 is 5.73 Å². The first-order valence-electron chi connectivity index (χ1n) is 3.32. The molecule has 3 nitrogen and oxygen atoms in total. The minimum atomic E-state index is -0.886. The third kappa shape index (κ3) is 1.62. The summed E-state index contributed by atoms with van der Waals surface area (Å²) in [5, 5.41) is 0. The molecule has 0 saturated heterocycles. The van der Waals surface area contributed by atoms with E-state index in [-0.39, 0.29) is 0 Å². The van der Waals surface area contributed by atoms with Crippen molar-refractivity contribution in [2.75, 3.05) is 0 Å². The molecule has 0 aliphatic carbocycles. The Morgan fingerprint density at radius 2 is 2.09 bits per heavy atom. The highest BCUT2D eigenvalue weighted by atomic mass is 16.1. The number of aromatic nitrogens is 1. The van der Waals surface area contributed by atoms with Crippen LogP contribution in [0.15, 0.2) is 24.5 Å². The van der Waals surface area contributed by atoms with Gasteiger partial charge in [0, 0.05) is 12.4 Å². The lowest BCUT2D eigenvalue weighted by molar-refractivity contribution is -0.112. The van der Waals surface area contributed by atoms with Crippen molar-refractivity contribution in [3.8, 4) is 0 Å². The third-order valence-electron chi connectivity index (χ3n) is 1.55. The molecule has 0 saturated carbocycles. The smallest absolute Gasteiger partial charge is 0.144 e. The SMILES string of the molecule is C[C@](N)(C=O)c1ccncc1. The van der Waals surface area contributed by atoms with Gasteiger partial charge in [-0.05, 0) is 24.6 Å². The molecule has 1 atom stereocenters. The van der Waals surface area contributed by atoms with Gasteiger partial charge in [0.1, 0.15) is 6.29 Å². The summed E-state index contributed by atoms with van der Waals surface area (Å²) in [5.74, 6) is 0. The Morgan fingerprint density at radius 1 is 1.55 bits per heavy atom. The van der Waals surface area contributed by atoms with Crippen molar-refractivity contribution in [3.63, 3.8) is 0 Å². The van der Waals surface area contributed by atoms with Crippen LogP contribution >= 0.6 is 0 Å². The molecule has 0 unspecified atom stereocenters. The highest BCUT2D eigenvalue weighted by molar-refractivity contribution is 5.66. The molecule has 1 aromatic rings. The largest absolute Gasteiger partial charge is 0.316 e. The minimum absolute atomic E-state index is 0.725. The molecule has 0 spiro atoms. The molecule has 0 radical (unpaired) electrons. The molecular weight excluding hydrogens is 140 g/mol. The molecule has 0 aliphatic rings. The van der Waals surface area contributed by atoms with Crippen LogP contribution in [0.25, 0.3) is 0 Å². The summed E-state index contributed by atoms with van der Waals surface area (Å²) in [7, 11) is 0. The van der Waals surface area contributed by atoms with Crippen molar-refractivity contribution in [1.82, 2.24) is 4.98 Å². The maximum absolute atomic E-state index is 10.5. The fourth-order valence-electron chi connectivity index (χ4n) is 0.779. The monoisotopic (exact) mass is 150 g/mol. The van der Waals surface area contributed by atoms with E-state index in [9.17, 15) is 4.79 Å². The van der Waals surface area contributed by atoms with Crippen LogP contribution in [-0.2, 0) is 10.3 Å². The number of nitrogens with zero attached hydrogens (tertiary/aromatic N) is 1. The molecular formula is C8H10N2O. The molecule has 1 heterocycles. The number of carbonyl (C=O) groups excluding carboxylic acids is 1. The van der Waals surface area contributed by atoms with E-state index in [2.05, 4.69) is 4.98 Å². The standard InChI is InChI=1S/C8H10N2O/c1-8(9,6-11)7-2-4-10-5-3-7/h2-6H,9H2,1H3/t8-/m0/s1. The molecule has 1 rings (SSSR count). The summed E-state index contributed by atoms with van der Waals surface area (Å²) in [4.78, 5) is 14.3. The maximum Gasteiger partial charge on any atom is 0.144 e. The molecule has 1 aromatic heterocycles. The topological polar surface area (TPSA) is 56.0 Å². The molecule has 58 valence electrons. The number of hydrogen-bond donors (Lipinski definition) is 1. The summed E-state index contributed by atoms with van der Waals surface area (Å²) in [6.45, 7) is 1.66. The number of aldehydes is 1. The number of carbonyl (C=O) groups is 1. The van der Waals surface area contributed by atoms with Crippen LogP contribution in [0.5, 0.6) is 0 Å². The van der Waals surface area contributed by atoms with Crippen molar-refractivity contribution in [1.29, 1.82) is 0 Å². The van der Waals surface area contributed by atoms with Crippen molar-refractivity contribution in [3.05, 3.63) is 30.1 Å². The van der Waals surface area contributed by atoms with Gasteiger partial charge >= 0.3 is 0 Å². The van der Waals surface area contributed by atoms with Gasteiger partial charge < -0.3 is 10.5 Å². The average Bonchev–Trinajstić information content (AvgIpc) is 2.06. The first-order valence-corrected chi connectivity index (χ1v) is 3.32. The Kier molecular flexibility index (Phi) is 2.01. The van der Waals surface area contributed by atoms with Gasteiger partial charge in [-0.2, -0.15) is 0 Å². The zero-order valence-corrected chi connectivity index (χ0v) is 6.32. The van der Waals surface area contributed by atoms with E-state index in [1.807, 2.05) is 0 Å². The van der Waals surface area contributed by atoms with Crippen molar-refractivity contribution < 1.29 is 4.79 Å². The van der Waals surface area contributed by atoms with E-state index >= 15 is 0 Å². The number of pyridine rings is 1. The Bertz CT molecular complexity index is 244. The number of rotatable bonds is 2. The molecule has 0 aromatic carbocycles. The van der Waals surface area contributed by atoms with Gasteiger partial charge in [-0.15, -0.1) is 0 Å². The lowest BCUT2D eigenvalue weighted by Crippen LogP contribution is -2.34. The van der Waals surface area contributed by atoms with E-state index in [1.54, 1.807) is 31.5 Å². The van der Waals surface area contributed by atoms with Gasteiger partial charge in [-0.3, -0.25) is 4.98 Å². The predicted molar refractivity (Wildman–Crippen MR) is 41.8 cm³/mol. The van der Waals surface area contributed by atoms with Crippen LogP contribution in [0.4, 0.5) is 0 Å². The lowest BCUT2D eigenvalue weighted by Gasteiger charge is -2.16. The Labute approximate surface area is 65.2 Å². The lowest BCUT2D eigenvalue weighted by atomic mass is 9.96. The van der Waals surface area contributed by atoms with E-state index in [0.717, 1.165) is 11.8 Å². The molecule has 0 amide bonds. The van der Waals surface area contributed by atoms with Gasteiger partial charge in [0.05, 0.1) is 5.54 Å². The first-order chi connectivity index (χ1) is 5.17.